The van der Waals surface area contributed by atoms with Crippen molar-refractivity contribution in [2.45, 2.75) is 13.8 Å². The SMILES string of the molecule is Cc1ccc(Nc2n[nH]c3c(F)c(C)ccc23)cn1. The Hall–Kier alpha value is -2.43. The van der Waals surface area contributed by atoms with Crippen LogP contribution in [0.25, 0.3) is 10.9 Å². The predicted molar refractivity (Wildman–Crippen MR) is 73.0 cm³/mol. The van der Waals surface area contributed by atoms with Crippen molar-refractivity contribution in [1.82, 2.24) is 15.2 Å². The van der Waals surface area contributed by atoms with Crippen LogP contribution in [0.2, 0.25) is 0 Å². The number of rotatable bonds is 2. The average Bonchev–Trinajstić information content (AvgIpc) is 2.80. The van der Waals surface area contributed by atoms with Crippen LogP contribution in [-0.2, 0) is 0 Å². The zero-order valence-electron chi connectivity index (χ0n) is 10.7. The number of hydrogen-bond acceptors (Lipinski definition) is 3. The van der Waals surface area contributed by atoms with Crippen molar-refractivity contribution >= 4 is 22.4 Å². The number of aromatic amines is 1. The summed E-state index contributed by atoms with van der Waals surface area (Å²) in [6.45, 7) is 3.65. The molecular weight excluding hydrogens is 243 g/mol. The number of H-pyrrole nitrogens is 1. The van der Waals surface area contributed by atoms with Gasteiger partial charge in [-0.05, 0) is 37.6 Å². The monoisotopic (exact) mass is 256 g/mol. The fourth-order valence-corrected chi connectivity index (χ4v) is 1.93. The van der Waals surface area contributed by atoms with Crippen LogP contribution in [-0.4, -0.2) is 15.2 Å². The summed E-state index contributed by atoms with van der Waals surface area (Å²) in [5, 5.41) is 10.7. The van der Waals surface area contributed by atoms with E-state index in [1.807, 2.05) is 25.1 Å². The summed E-state index contributed by atoms with van der Waals surface area (Å²) in [7, 11) is 0. The molecule has 4 nitrogen and oxygen atoms in total. The second-order valence-electron chi connectivity index (χ2n) is 4.50. The fraction of sp³-hybridized carbons (Fsp3) is 0.143. The number of halogens is 1. The maximum absolute atomic E-state index is 13.9. The van der Waals surface area contributed by atoms with Gasteiger partial charge in [0.2, 0.25) is 0 Å². The molecule has 19 heavy (non-hydrogen) atoms. The van der Waals surface area contributed by atoms with Crippen LogP contribution >= 0.6 is 0 Å². The molecule has 0 aliphatic carbocycles. The lowest BCUT2D eigenvalue weighted by molar-refractivity contribution is 0.627. The Labute approximate surface area is 109 Å². The first kappa shape index (κ1) is 11.6. The van der Waals surface area contributed by atoms with E-state index in [0.29, 0.717) is 16.9 Å². The summed E-state index contributed by atoms with van der Waals surface area (Å²) in [6.07, 6.45) is 1.72. The number of benzene rings is 1. The number of nitrogens with zero attached hydrogens (tertiary/aromatic N) is 2. The molecule has 0 radical (unpaired) electrons. The standard InChI is InChI=1S/C14H13FN4/c1-8-3-6-11-13(12(8)15)18-19-14(11)17-10-5-4-9(2)16-7-10/h3-7H,1-2H3,(H2,17,18,19). The van der Waals surface area contributed by atoms with Crippen LogP contribution in [0.5, 0.6) is 0 Å². The van der Waals surface area contributed by atoms with Gasteiger partial charge in [0, 0.05) is 11.1 Å². The number of aromatic nitrogens is 3. The molecule has 0 amide bonds. The van der Waals surface area contributed by atoms with Gasteiger partial charge in [-0.15, -0.1) is 0 Å². The lowest BCUT2D eigenvalue weighted by Gasteiger charge is -2.03. The van der Waals surface area contributed by atoms with E-state index in [0.717, 1.165) is 16.8 Å². The fourth-order valence-electron chi connectivity index (χ4n) is 1.93. The van der Waals surface area contributed by atoms with Crippen molar-refractivity contribution in [3.8, 4) is 0 Å². The van der Waals surface area contributed by atoms with E-state index in [-0.39, 0.29) is 5.82 Å². The number of hydrogen-bond donors (Lipinski definition) is 2. The maximum atomic E-state index is 13.9. The minimum atomic E-state index is -0.264. The summed E-state index contributed by atoms with van der Waals surface area (Å²) in [4.78, 5) is 4.20. The van der Waals surface area contributed by atoms with E-state index in [4.69, 9.17) is 0 Å². The quantitative estimate of drug-likeness (QED) is 0.738. The zero-order chi connectivity index (χ0) is 13.4. The Bertz CT molecular complexity index is 731. The first-order chi connectivity index (χ1) is 9.15. The molecule has 0 saturated heterocycles. The van der Waals surface area contributed by atoms with Gasteiger partial charge in [-0.1, -0.05) is 6.07 Å². The second kappa shape index (κ2) is 4.35. The van der Waals surface area contributed by atoms with Gasteiger partial charge in [0.15, 0.2) is 11.6 Å². The molecular formula is C14H13FN4. The normalized spacial score (nSPS) is 10.9. The van der Waals surface area contributed by atoms with Gasteiger partial charge < -0.3 is 5.32 Å². The molecule has 0 aliphatic heterocycles. The van der Waals surface area contributed by atoms with Crippen LogP contribution in [0.3, 0.4) is 0 Å². The molecule has 96 valence electrons. The molecule has 0 aliphatic rings. The summed E-state index contributed by atoms with van der Waals surface area (Å²) < 4.78 is 13.9. The van der Waals surface area contributed by atoms with Crippen LogP contribution in [0, 0.1) is 19.7 Å². The molecule has 0 spiro atoms. The van der Waals surface area contributed by atoms with E-state index in [1.54, 1.807) is 19.2 Å². The molecule has 2 N–H and O–H groups in total. The minimum Gasteiger partial charge on any atom is -0.337 e. The Morgan fingerprint density at radius 1 is 1.16 bits per heavy atom. The molecule has 0 fully saturated rings. The van der Waals surface area contributed by atoms with Crippen LogP contribution < -0.4 is 5.32 Å². The number of pyridine rings is 1. The third kappa shape index (κ3) is 2.03. The molecule has 0 saturated carbocycles. The highest BCUT2D eigenvalue weighted by Gasteiger charge is 2.11. The molecule has 0 unspecified atom stereocenters. The van der Waals surface area contributed by atoms with Gasteiger partial charge in [0.1, 0.15) is 5.52 Å². The number of fused-ring (bicyclic) bond motifs is 1. The Morgan fingerprint density at radius 3 is 2.74 bits per heavy atom. The van der Waals surface area contributed by atoms with Gasteiger partial charge in [0.05, 0.1) is 11.9 Å². The van der Waals surface area contributed by atoms with Crippen molar-refractivity contribution < 1.29 is 4.39 Å². The van der Waals surface area contributed by atoms with Crippen LogP contribution in [0.1, 0.15) is 11.3 Å². The van der Waals surface area contributed by atoms with Crippen LogP contribution in [0.15, 0.2) is 30.5 Å². The molecule has 3 rings (SSSR count). The predicted octanol–water partition coefficient (Wildman–Crippen LogP) is 3.46. The third-order valence-electron chi connectivity index (χ3n) is 3.04. The summed E-state index contributed by atoms with van der Waals surface area (Å²) in [5.41, 5.74) is 2.78. The smallest absolute Gasteiger partial charge is 0.160 e. The topological polar surface area (TPSA) is 53.6 Å². The van der Waals surface area contributed by atoms with E-state index >= 15 is 0 Å². The highest BCUT2D eigenvalue weighted by molar-refractivity contribution is 5.92. The number of nitrogens with one attached hydrogen (secondary N) is 2. The molecule has 5 heteroatoms. The summed E-state index contributed by atoms with van der Waals surface area (Å²) >= 11 is 0. The summed E-state index contributed by atoms with van der Waals surface area (Å²) in [6, 6.07) is 7.41. The van der Waals surface area contributed by atoms with Gasteiger partial charge in [-0.2, -0.15) is 5.10 Å². The number of aryl methyl sites for hydroxylation is 2. The minimum absolute atomic E-state index is 0.264. The zero-order valence-corrected chi connectivity index (χ0v) is 10.7. The van der Waals surface area contributed by atoms with Crippen LogP contribution in [0.4, 0.5) is 15.9 Å². The van der Waals surface area contributed by atoms with Gasteiger partial charge in [-0.25, -0.2) is 4.39 Å². The molecule has 1 aromatic carbocycles. The highest BCUT2D eigenvalue weighted by atomic mass is 19.1. The third-order valence-corrected chi connectivity index (χ3v) is 3.04. The highest BCUT2D eigenvalue weighted by Crippen LogP contribution is 2.26. The molecule has 2 aromatic heterocycles. The molecule has 0 bridgehead atoms. The van der Waals surface area contributed by atoms with Gasteiger partial charge in [0.25, 0.3) is 0 Å². The molecule has 0 atom stereocenters. The Kier molecular flexibility index (Phi) is 2.67. The largest absolute Gasteiger partial charge is 0.337 e. The molecule has 2 heterocycles. The van der Waals surface area contributed by atoms with Crippen molar-refractivity contribution in [3.05, 3.63) is 47.5 Å². The Balaban J connectivity index is 2.02. The second-order valence-corrected chi connectivity index (χ2v) is 4.50. The van der Waals surface area contributed by atoms with Gasteiger partial charge in [-0.3, -0.25) is 10.1 Å². The number of anilines is 2. The first-order valence-corrected chi connectivity index (χ1v) is 5.98. The Morgan fingerprint density at radius 2 is 2.00 bits per heavy atom. The van der Waals surface area contributed by atoms with Gasteiger partial charge >= 0.3 is 0 Å². The van der Waals surface area contributed by atoms with E-state index in [1.165, 1.54) is 0 Å². The van der Waals surface area contributed by atoms with Crippen molar-refractivity contribution in [2.75, 3.05) is 5.32 Å². The van der Waals surface area contributed by atoms with Crippen molar-refractivity contribution in [3.63, 3.8) is 0 Å². The molecule has 3 aromatic rings. The van der Waals surface area contributed by atoms with E-state index in [2.05, 4.69) is 20.5 Å². The van der Waals surface area contributed by atoms with Crippen molar-refractivity contribution in [1.29, 1.82) is 0 Å². The summed E-state index contributed by atoms with van der Waals surface area (Å²) in [5.74, 6) is 0.333. The maximum Gasteiger partial charge on any atom is 0.160 e. The first-order valence-electron chi connectivity index (χ1n) is 5.98. The average molecular weight is 256 g/mol. The van der Waals surface area contributed by atoms with E-state index < -0.39 is 0 Å². The van der Waals surface area contributed by atoms with Crippen molar-refractivity contribution in [2.24, 2.45) is 0 Å². The lowest BCUT2D eigenvalue weighted by Crippen LogP contribution is -1.92. The van der Waals surface area contributed by atoms with E-state index in [9.17, 15) is 4.39 Å². The lowest BCUT2D eigenvalue weighted by atomic mass is 10.1.